The van der Waals surface area contributed by atoms with Crippen LogP contribution in [0.1, 0.15) is 16.7 Å². The topological polar surface area (TPSA) is 67.8 Å². The van der Waals surface area contributed by atoms with Crippen molar-refractivity contribution in [3.63, 3.8) is 0 Å². The molecular formula is C15H14BrFN2O2. The molecule has 4 nitrogen and oxygen atoms in total. The van der Waals surface area contributed by atoms with Gasteiger partial charge in [0.05, 0.1) is 0 Å². The first-order valence-electron chi connectivity index (χ1n) is 6.16. The van der Waals surface area contributed by atoms with Crippen molar-refractivity contribution < 1.29 is 14.3 Å². The summed E-state index contributed by atoms with van der Waals surface area (Å²) in [7, 11) is 0. The van der Waals surface area contributed by atoms with Crippen molar-refractivity contribution in [1.29, 1.82) is 0 Å². The van der Waals surface area contributed by atoms with Gasteiger partial charge >= 0.3 is 0 Å². The van der Waals surface area contributed by atoms with Crippen LogP contribution in [-0.4, -0.2) is 11.0 Å². The predicted molar refractivity (Wildman–Crippen MR) is 82.1 cm³/mol. The molecule has 0 amide bonds. The molecule has 2 rings (SSSR count). The number of hydrogen-bond donors (Lipinski definition) is 2. The maximum atomic E-state index is 13.6. The summed E-state index contributed by atoms with van der Waals surface area (Å²) in [5, 5.41) is 11.6. The molecule has 0 aliphatic heterocycles. The number of nitrogens with zero attached hydrogens (tertiary/aromatic N) is 1. The zero-order chi connectivity index (χ0) is 15.4. The number of oxime groups is 1. The Morgan fingerprint density at radius 3 is 2.76 bits per heavy atom. The number of ether oxygens (including phenoxy) is 1. The van der Waals surface area contributed by atoms with E-state index in [0.717, 1.165) is 15.6 Å². The third-order valence-electron chi connectivity index (χ3n) is 3.02. The van der Waals surface area contributed by atoms with Crippen LogP contribution in [0, 0.1) is 12.7 Å². The summed E-state index contributed by atoms with van der Waals surface area (Å²) in [5.74, 6) is -0.183. The van der Waals surface area contributed by atoms with Gasteiger partial charge in [0.25, 0.3) is 0 Å². The van der Waals surface area contributed by atoms with Crippen LogP contribution in [0.5, 0.6) is 5.75 Å². The summed E-state index contributed by atoms with van der Waals surface area (Å²) in [6.45, 7) is 2.11. The number of aryl methyl sites for hydroxylation is 1. The molecule has 0 spiro atoms. The molecule has 110 valence electrons. The molecule has 0 unspecified atom stereocenters. The second kappa shape index (κ2) is 6.58. The van der Waals surface area contributed by atoms with Crippen LogP contribution in [0.2, 0.25) is 0 Å². The zero-order valence-corrected chi connectivity index (χ0v) is 12.9. The number of rotatable bonds is 4. The average molecular weight is 353 g/mol. The number of benzene rings is 2. The lowest BCUT2D eigenvalue weighted by atomic mass is 10.1. The first kappa shape index (κ1) is 15.3. The van der Waals surface area contributed by atoms with Crippen molar-refractivity contribution in [1.82, 2.24) is 0 Å². The molecule has 0 saturated heterocycles. The SMILES string of the molecule is Cc1cc(/C(N)=N/O)ccc1COc1cc(Br)ccc1F. The van der Waals surface area contributed by atoms with Crippen molar-refractivity contribution in [2.45, 2.75) is 13.5 Å². The van der Waals surface area contributed by atoms with Crippen molar-refractivity contribution in [3.8, 4) is 5.75 Å². The molecule has 0 fully saturated rings. The average Bonchev–Trinajstić information content (AvgIpc) is 2.48. The van der Waals surface area contributed by atoms with Crippen LogP contribution >= 0.6 is 15.9 Å². The molecule has 21 heavy (non-hydrogen) atoms. The van der Waals surface area contributed by atoms with E-state index in [4.69, 9.17) is 15.7 Å². The Kier molecular flexibility index (Phi) is 4.80. The quantitative estimate of drug-likeness (QED) is 0.382. The van der Waals surface area contributed by atoms with Gasteiger partial charge in [-0.3, -0.25) is 0 Å². The highest BCUT2D eigenvalue weighted by molar-refractivity contribution is 9.10. The third kappa shape index (κ3) is 3.72. The van der Waals surface area contributed by atoms with E-state index in [2.05, 4.69) is 21.1 Å². The minimum absolute atomic E-state index is 0.0450. The molecule has 0 radical (unpaired) electrons. The standard InChI is InChI=1S/C15H14BrFN2O2/c1-9-6-10(15(18)19-20)2-3-11(9)8-21-14-7-12(16)4-5-13(14)17/h2-7,20H,8H2,1H3,(H2,18,19). The van der Waals surface area contributed by atoms with Crippen molar-refractivity contribution >= 4 is 21.8 Å². The van der Waals surface area contributed by atoms with Gasteiger partial charge in [0.1, 0.15) is 6.61 Å². The fourth-order valence-electron chi connectivity index (χ4n) is 1.82. The van der Waals surface area contributed by atoms with Gasteiger partial charge in [0.2, 0.25) is 0 Å². The van der Waals surface area contributed by atoms with E-state index in [0.29, 0.717) is 5.56 Å². The van der Waals surface area contributed by atoms with E-state index in [1.807, 2.05) is 6.92 Å². The monoisotopic (exact) mass is 352 g/mol. The molecular weight excluding hydrogens is 339 g/mol. The highest BCUT2D eigenvalue weighted by Gasteiger charge is 2.07. The molecule has 0 atom stereocenters. The Morgan fingerprint density at radius 1 is 1.33 bits per heavy atom. The van der Waals surface area contributed by atoms with Gasteiger partial charge in [-0.2, -0.15) is 0 Å². The van der Waals surface area contributed by atoms with Crippen molar-refractivity contribution in [2.75, 3.05) is 0 Å². The Labute approximate surface area is 130 Å². The predicted octanol–water partition coefficient (Wildman–Crippen LogP) is 3.57. The van der Waals surface area contributed by atoms with Gasteiger partial charge in [-0.1, -0.05) is 33.2 Å². The van der Waals surface area contributed by atoms with Gasteiger partial charge < -0.3 is 15.7 Å². The first-order chi connectivity index (χ1) is 10.0. The number of nitrogens with two attached hydrogens (primary N) is 1. The van der Waals surface area contributed by atoms with Gasteiger partial charge in [-0.25, -0.2) is 4.39 Å². The molecule has 0 aliphatic carbocycles. The molecule has 0 saturated carbocycles. The Hall–Kier alpha value is -2.08. The highest BCUT2D eigenvalue weighted by Crippen LogP contribution is 2.23. The van der Waals surface area contributed by atoms with Gasteiger partial charge in [0.15, 0.2) is 17.4 Å². The van der Waals surface area contributed by atoms with Crippen molar-refractivity contribution in [3.05, 3.63) is 63.4 Å². The van der Waals surface area contributed by atoms with Crippen LogP contribution in [0.3, 0.4) is 0 Å². The Morgan fingerprint density at radius 2 is 2.10 bits per heavy atom. The van der Waals surface area contributed by atoms with E-state index in [1.165, 1.54) is 6.07 Å². The van der Waals surface area contributed by atoms with E-state index < -0.39 is 5.82 Å². The molecule has 0 aliphatic rings. The Balaban J connectivity index is 2.15. The second-order valence-corrected chi connectivity index (χ2v) is 5.41. The lowest BCUT2D eigenvalue weighted by Gasteiger charge is -2.11. The summed E-state index contributed by atoms with van der Waals surface area (Å²) in [4.78, 5) is 0. The smallest absolute Gasteiger partial charge is 0.170 e. The van der Waals surface area contributed by atoms with Crippen LogP contribution in [0.25, 0.3) is 0 Å². The third-order valence-corrected chi connectivity index (χ3v) is 3.52. The fraction of sp³-hybridized carbons (Fsp3) is 0.133. The zero-order valence-electron chi connectivity index (χ0n) is 11.3. The maximum absolute atomic E-state index is 13.6. The van der Waals surface area contributed by atoms with Gasteiger partial charge in [0, 0.05) is 10.0 Å². The molecule has 0 bridgehead atoms. The largest absolute Gasteiger partial charge is 0.486 e. The molecule has 0 aromatic heterocycles. The first-order valence-corrected chi connectivity index (χ1v) is 6.96. The van der Waals surface area contributed by atoms with Crippen LogP contribution in [-0.2, 0) is 6.61 Å². The lowest BCUT2D eigenvalue weighted by Crippen LogP contribution is -2.13. The van der Waals surface area contributed by atoms with E-state index in [9.17, 15) is 4.39 Å². The number of hydrogen-bond acceptors (Lipinski definition) is 3. The summed E-state index contributed by atoms with van der Waals surface area (Å²) < 4.78 is 19.8. The highest BCUT2D eigenvalue weighted by atomic mass is 79.9. The number of amidine groups is 1. The number of halogens is 2. The van der Waals surface area contributed by atoms with E-state index in [1.54, 1.807) is 30.3 Å². The lowest BCUT2D eigenvalue weighted by molar-refractivity contribution is 0.289. The molecule has 0 heterocycles. The normalized spacial score (nSPS) is 11.5. The van der Waals surface area contributed by atoms with Crippen LogP contribution in [0.15, 0.2) is 46.0 Å². The molecule has 3 N–H and O–H groups in total. The minimum Gasteiger partial charge on any atom is -0.486 e. The summed E-state index contributed by atoms with van der Waals surface area (Å²) in [6, 6.07) is 9.84. The van der Waals surface area contributed by atoms with Gasteiger partial charge in [-0.05, 0) is 42.3 Å². The summed E-state index contributed by atoms with van der Waals surface area (Å²) in [6.07, 6.45) is 0. The van der Waals surface area contributed by atoms with E-state index >= 15 is 0 Å². The summed E-state index contributed by atoms with van der Waals surface area (Å²) >= 11 is 3.27. The fourth-order valence-corrected chi connectivity index (χ4v) is 2.16. The van der Waals surface area contributed by atoms with Gasteiger partial charge in [-0.15, -0.1) is 0 Å². The van der Waals surface area contributed by atoms with Crippen molar-refractivity contribution in [2.24, 2.45) is 10.9 Å². The molecule has 2 aromatic rings. The summed E-state index contributed by atoms with van der Waals surface area (Å²) in [5.41, 5.74) is 7.95. The molecule has 2 aromatic carbocycles. The second-order valence-electron chi connectivity index (χ2n) is 4.49. The molecule has 6 heteroatoms. The maximum Gasteiger partial charge on any atom is 0.170 e. The Bertz CT molecular complexity index is 689. The van der Waals surface area contributed by atoms with Crippen LogP contribution in [0.4, 0.5) is 4.39 Å². The van der Waals surface area contributed by atoms with Crippen LogP contribution < -0.4 is 10.5 Å². The minimum atomic E-state index is -0.413. The van der Waals surface area contributed by atoms with E-state index in [-0.39, 0.29) is 18.2 Å².